The minimum absolute atomic E-state index is 0.615. The van der Waals surface area contributed by atoms with E-state index in [9.17, 15) is 0 Å². The van der Waals surface area contributed by atoms with E-state index in [1.165, 1.54) is 22.3 Å². The number of methoxy groups -OCH3 is 1. The fourth-order valence-electron chi connectivity index (χ4n) is 2.41. The zero-order chi connectivity index (χ0) is 15.9. The molecule has 0 atom stereocenters. The molecule has 2 rings (SSSR count). The predicted molar refractivity (Wildman–Crippen MR) is 90.8 cm³/mol. The summed E-state index contributed by atoms with van der Waals surface area (Å²) < 4.78 is 11.0. The molecule has 0 saturated carbocycles. The van der Waals surface area contributed by atoms with Crippen LogP contribution in [-0.4, -0.2) is 20.3 Å². The van der Waals surface area contributed by atoms with Crippen LogP contribution in [0.5, 0.6) is 11.5 Å². The molecule has 1 N–H and O–H groups in total. The Balaban J connectivity index is 1.79. The Morgan fingerprint density at radius 1 is 0.909 bits per heavy atom. The van der Waals surface area contributed by atoms with E-state index < -0.39 is 0 Å². The average Bonchev–Trinajstić information content (AvgIpc) is 2.52. The van der Waals surface area contributed by atoms with E-state index in [0.717, 1.165) is 24.6 Å². The lowest BCUT2D eigenvalue weighted by Gasteiger charge is -2.12. The van der Waals surface area contributed by atoms with E-state index in [2.05, 4.69) is 38.2 Å². The first-order valence-electron chi connectivity index (χ1n) is 7.65. The fraction of sp³-hybridized carbons (Fsp3) is 0.368. The summed E-state index contributed by atoms with van der Waals surface area (Å²) in [5, 5.41) is 3.43. The molecule has 0 saturated heterocycles. The number of hydrogen-bond acceptors (Lipinski definition) is 3. The van der Waals surface area contributed by atoms with Gasteiger partial charge < -0.3 is 14.8 Å². The van der Waals surface area contributed by atoms with Gasteiger partial charge in [0.05, 0.1) is 7.11 Å². The number of aryl methyl sites for hydroxylation is 3. The Bertz CT molecular complexity index is 623. The zero-order valence-electron chi connectivity index (χ0n) is 13.9. The van der Waals surface area contributed by atoms with Crippen LogP contribution in [0.3, 0.4) is 0 Å². The number of benzene rings is 2. The highest BCUT2D eigenvalue weighted by Crippen LogP contribution is 2.25. The van der Waals surface area contributed by atoms with Gasteiger partial charge in [0.2, 0.25) is 0 Å². The van der Waals surface area contributed by atoms with Gasteiger partial charge in [-0.3, -0.25) is 0 Å². The van der Waals surface area contributed by atoms with E-state index in [1.54, 1.807) is 7.11 Å². The van der Waals surface area contributed by atoms with Crippen molar-refractivity contribution in [2.75, 3.05) is 20.3 Å². The quantitative estimate of drug-likeness (QED) is 0.789. The van der Waals surface area contributed by atoms with Crippen LogP contribution >= 0.6 is 0 Å². The van der Waals surface area contributed by atoms with E-state index >= 15 is 0 Å². The number of para-hydroxylation sites is 2. The summed E-state index contributed by atoms with van der Waals surface area (Å²) in [4.78, 5) is 0. The molecule has 2 aromatic rings. The summed E-state index contributed by atoms with van der Waals surface area (Å²) in [6.45, 7) is 8.75. The van der Waals surface area contributed by atoms with Crippen LogP contribution in [0.15, 0.2) is 36.4 Å². The molecule has 0 bridgehead atoms. The third-order valence-electron chi connectivity index (χ3n) is 3.87. The molecule has 118 valence electrons. The third kappa shape index (κ3) is 4.25. The second kappa shape index (κ2) is 7.85. The SMILES string of the molecule is COc1ccccc1OCCNCc1cc(C)c(C)cc1C. The molecule has 3 heteroatoms. The molecule has 0 spiro atoms. The topological polar surface area (TPSA) is 30.5 Å². The average molecular weight is 299 g/mol. The van der Waals surface area contributed by atoms with Gasteiger partial charge in [-0.15, -0.1) is 0 Å². The van der Waals surface area contributed by atoms with E-state index in [1.807, 2.05) is 24.3 Å². The second-order valence-electron chi connectivity index (χ2n) is 5.54. The molecular formula is C19H25NO2. The lowest BCUT2D eigenvalue weighted by atomic mass is 10.0. The number of nitrogens with one attached hydrogen (secondary N) is 1. The van der Waals surface area contributed by atoms with Crippen molar-refractivity contribution < 1.29 is 9.47 Å². The Kier molecular flexibility index (Phi) is 5.84. The van der Waals surface area contributed by atoms with Crippen LogP contribution in [0.4, 0.5) is 0 Å². The smallest absolute Gasteiger partial charge is 0.161 e. The Labute approximate surface area is 133 Å². The van der Waals surface area contributed by atoms with Gasteiger partial charge in [-0.05, 0) is 55.2 Å². The van der Waals surface area contributed by atoms with Crippen LogP contribution in [0.2, 0.25) is 0 Å². The molecular weight excluding hydrogens is 274 g/mol. The van der Waals surface area contributed by atoms with Crippen molar-refractivity contribution in [2.45, 2.75) is 27.3 Å². The third-order valence-corrected chi connectivity index (χ3v) is 3.87. The maximum Gasteiger partial charge on any atom is 0.161 e. The fourth-order valence-corrected chi connectivity index (χ4v) is 2.41. The van der Waals surface area contributed by atoms with Gasteiger partial charge in [0.15, 0.2) is 11.5 Å². The van der Waals surface area contributed by atoms with Gasteiger partial charge in [-0.25, -0.2) is 0 Å². The standard InChI is InChI=1S/C19H25NO2/c1-14-11-16(3)17(12-15(14)2)13-20-9-10-22-19-8-6-5-7-18(19)21-4/h5-8,11-12,20H,9-10,13H2,1-4H3. The van der Waals surface area contributed by atoms with Crippen molar-refractivity contribution in [3.05, 3.63) is 58.7 Å². The lowest BCUT2D eigenvalue weighted by molar-refractivity contribution is 0.292. The molecule has 3 nitrogen and oxygen atoms in total. The molecule has 0 aliphatic rings. The number of hydrogen-bond donors (Lipinski definition) is 1. The van der Waals surface area contributed by atoms with Crippen molar-refractivity contribution in [1.29, 1.82) is 0 Å². The van der Waals surface area contributed by atoms with Gasteiger partial charge in [0, 0.05) is 13.1 Å². The first-order valence-corrected chi connectivity index (χ1v) is 7.65. The van der Waals surface area contributed by atoms with Crippen LogP contribution in [0, 0.1) is 20.8 Å². The van der Waals surface area contributed by atoms with Crippen molar-refractivity contribution in [2.24, 2.45) is 0 Å². The first kappa shape index (κ1) is 16.4. The minimum Gasteiger partial charge on any atom is -0.493 e. The Hall–Kier alpha value is -2.00. The van der Waals surface area contributed by atoms with E-state index in [4.69, 9.17) is 9.47 Å². The van der Waals surface area contributed by atoms with Gasteiger partial charge in [0.25, 0.3) is 0 Å². The van der Waals surface area contributed by atoms with Gasteiger partial charge in [0.1, 0.15) is 6.61 Å². The normalized spacial score (nSPS) is 10.5. The van der Waals surface area contributed by atoms with Crippen LogP contribution in [0.1, 0.15) is 22.3 Å². The summed E-state index contributed by atoms with van der Waals surface area (Å²) in [5.41, 5.74) is 5.37. The maximum absolute atomic E-state index is 5.75. The summed E-state index contributed by atoms with van der Waals surface area (Å²) in [7, 11) is 1.66. The molecule has 0 radical (unpaired) electrons. The highest BCUT2D eigenvalue weighted by atomic mass is 16.5. The molecule has 2 aromatic carbocycles. The Morgan fingerprint density at radius 3 is 2.32 bits per heavy atom. The van der Waals surface area contributed by atoms with Gasteiger partial charge >= 0.3 is 0 Å². The van der Waals surface area contributed by atoms with Crippen molar-refractivity contribution in [3.8, 4) is 11.5 Å². The monoisotopic (exact) mass is 299 g/mol. The molecule has 0 heterocycles. The molecule has 0 unspecified atom stereocenters. The largest absolute Gasteiger partial charge is 0.493 e. The van der Waals surface area contributed by atoms with Crippen LogP contribution in [0.25, 0.3) is 0 Å². The van der Waals surface area contributed by atoms with E-state index in [-0.39, 0.29) is 0 Å². The minimum atomic E-state index is 0.615. The molecule has 0 aliphatic carbocycles. The highest BCUT2D eigenvalue weighted by Gasteiger charge is 2.03. The molecule has 0 aromatic heterocycles. The maximum atomic E-state index is 5.75. The summed E-state index contributed by atoms with van der Waals surface area (Å²) >= 11 is 0. The van der Waals surface area contributed by atoms with Gasteiger partial charge in [-0.1, -0.05) is 24.3 Å². The molecule has 22 heavy (non-hydrogen) atoms. The number of rotatable bonds is 7. The first-order chi connectivity index (χ1) is 10.6. The van der Waals surface area contributed by atoms with Crippen molar-refractivity contribution >= 4 is 0 Å². The van der Waals surface area contributed by atoms with Crippen molar-refractivity contribution in [1.82, 2.24) is 5.32 Å². The van der Waals surface area contributed by atoms with Crippen LogP contribution < -0.4 is 14.8 Å². The summed E-state index contributed by atoms with van der Waals surface area (Å²) in [6, 6.07) is 12.2. The van der Waals surface area contributed by atoms with E-state index in [0.29, 0.717) is 6.61 Å². The zero-order valence-corrected chi connectivity index (χ0v) is 13.9. The predicted octanol–water partition coefficient (Wildman–Crippen LogP) is 3.79. The lowest BCUT2D eigenvalue weighted by Crippen LogP contribution is -2.21. The summed E-state index contributed by atoms with van der Waals surface area (Å²) in [5.74, 6) is 1.56. The molecule has 0 aliphatic heterocycles. The highest BCUT2D eigenvalue weighted by molar-refractivity contribution is 5.39. The van der Waals surface area contributed by atoms with Gasteiger partial charge in [-0.2, -0.15) is 0 Å². The Morgan fingerprint density at radius 2 is 1.59 bits per heavy atom. The van der Waals surface area contributed by atoms with Crippen molar-refractivity contribution in [3.63, 3.8) is 0 Å². The number of ether oxygens (including phenoxy) is 2. The molecule has 0 fully saturated rings. The molecule has 0 amide bonds. The van der Waals surface area contributed by atoms with Crippen LogP contribution in [-0.2, 0) is 6.54 Å². The summed E-state index contributed by atoms with van der Waals surface area (Å²) in [6.07, 6.45) is 0. The second-order valence-corrected chi connectivity index (χ2v) is 5.54.